The van der Waals surface area contributed by atoms with E-state index in [0.717, 1.165) is 11.1 Å². The average molecular weight is 513 g/mol. The van der Waals surface area contributed by atoms with Gasteiger partial charge in [-0.1, -0.05) is 39.8 Å². The molecular weight excluding hydrogens is 474 g/mol. The minimum atomic E-state index is -0.610. The number of aromatic nitrogens is 2. The zero-order chi connectivity index (χ0) is 27.4. The minimum absolute atomic E-state index is 0.0209. The summed E-state index contributed by atoms with van der Waals surface area (Å²) >= 11 is 0. The van der Waals surface area contributed by atoms with Crippen LogP contribution >= 0.6 is 0 Å². The van der Waals surface area contributed by atoms with Crippen molar-refractivity contribution in [2.75, 3.05) is 18.0 Å². The maximum absolute atomic E-state index is 14.0. The third-order valence-electron chi connectivity index (χ3n) is 6.56. The summed E-state index contributed by atoms with van der Waals surface area (Å²) in [6.45, 7) is 18.8. The molecule has 0 saturated carbocycles. The number of halogens is 2. The number of imidazole rings is 1. The van der Waals surface area contributed by atoms with Gasteiger partial charge in [-0.05, 0) is 57.3 Å². The fraction of sp³-hybridized carbons (Fsp3) is 0.500. The first-order chi connectivity index (χ1) is 17.5. The quantitative estimate of drug-likeness (QED) is 0.205. The van der Waals surface area contributed by atoms with Crippen molar-refractivity contribution in [3.63, 3.8) is 0 Å². The molecule has 1 atom stereocenters. The van der Waals surface area contributed by atoms with Gasteiger partial charge in [-0.2, -0.15) is 4.39 Å². The Morgan fingerprint density at radius 1 is 1.24 bits per heavy atom. The average Bonchev–Trinajstić information content (AvgIpc) is 3.44. The second kappa shape index (κ2) is 11.8. The van der Waals surface area contributed by atoms with Crippen LogP contribution in [0.25, 0.3) is 5.57 Å². The van der Waals surface area contributed by atoms with Gasteiger partial charge in [-0.3, -0.25) is 14.6 Å². The van der Waals surface area contributed by atoms with Crippen molar-refractivity contribution in [1.29, 1.82) is 0 Å². The minimum Gasteiger partial charge on any atom is -0.306 e. The molecular formula is C28H38F2N6O. The molecule has 0 aromatic carbocycles. The van der Waals surface area contributed by atoms with Crippen LogP contribution in [0.15, 0.2) is 51.6 Å². The fourth-order valence-electron chi connectivity index (χ4n) is 4.57. The molecule has 1 aromatic rings. The van der Waals surface area contributed by atoms with Crippen molar-refractivity contribution in [1.82, 2.24) is 14.5 Å². The number of hydrogen-bond donors (Lipinski definition) is 0. The molecule has 3 rings (SSSR count). The molecule has 3 heterocycles. The topological polar surface area (TPSA) is 66.1 Å². The molecule has 37 heavy (non-hydrogen) atoms. The first-order valence-electron chi connectivity index (χ1n) is 12.9. The standard InChI is InChI=1S/C28H38F2N6O/c1-9-12-23(30)31-14-18(6)25-33-24-26(35(25)15-19(7)21(10-2)13-20(8)29)36-16-22(17(4)5)32-28(36)34(11-3)27(24)37/h12-14,17,22H,6,9-11,15-16H2,1-5,7-8H3/b20-13+,21-19+,23-12-,31-14-. The molecule has 0 N–H and O–H groups in total. The van der Waals surface area contributed by atoms with Crippen molar-refractivity contribution < 1.29 is 13.6 Å². The van der Waals surface area contributed by atoms with Gasteiger partial charge in [-0.15, -0.1) is 0 Å². The highest BCUT2D eigenvalue weighted by molar-refractivity contribution is 6.19. The summed E-state index contributed by atoms with van der Waals surface area (Å²) in [5.41, 5.74) is 2.44. The Labute approximate surface area is 218 Å². The molecule has 1 unspecified atom stereocenters. The van der Waals surface area contributed by atoms with Crippen molar-refractivity contribution in [3.05, 3.63) is 53.2 Å². The maximum Gasteiger partial charge on any atom is 0.283 e. The first-order valence-corrected chi connectivity index (χ1v) is 12.9. The number of aliphatic imine (C=N–C) groups is 2. The van der Waals surface area contributed by atoms with E-state index in [0.29, 0.717) is 61.3 Å². The second-order valence-corrected chi connectivity index (χ2v) is 9.70. The van der Waals surface area contributed by atoms with E-state index in [2.05, 4.69) is 25.4 Å². The number of allylic oxidation sites excluding steroid dienone is 6. The van der Waals surface area contributed by atoms with Crippen LogP contribution < -0.4 is 4.90 Å². The molecule has 2 aliphatic heterocycles. The second-order valence-electron chi connectivity index (χ2n) is 9.70. The number of carbonyl (C=O) groups is 1. The summed E-state index contributed by atoms with van der Waals surface area (Å²) < 4.78 is 29.7. The van der Waals surface area contributed by atoms with Crippen LogP contribution in [-0.2, 0) is 6.54 Å². The number of fused-ring (bicyclic) bond motifs is 3. The van der Waals surface area contributed by atoms with Crippen molar-refractivity contribution >= 4 is 29.5 Å². The number of hydrogen-bond acceptors (Lipinski definition) is 5. The van der Waals surface area contributed by atoms with Crippen molar-refractivity contribution in [3.8, 4) is 0 Å². The Morgan fingerprint density at radius 2 is 1.95 bits per heavy atom. The molecule has 0 bridgehead atoms. The van der Waals surface area contributed by atoms with Gasteiger partial charge in [0.05, 0.1) is 18.4 Å². The van der Waals surface area contributed by atoms with E-state index in [4.69, 9.17) is 9.98 Å². The van der Waals surface area contributed by atoms with Gasteiger partial charge in [0.1, 0.15) is 11.6 Å². The lowest BCUT2D eigenvalue weighted by Crippen LogP contribution is -2.50. The molecule has 0 fully saturated rings. The number of nitrogens with zero attached hydrogens (tertiary/aromatic N) is 6. The molecule has 1 amide bonds. The highest BCUT2D eigenvalue weighted by Gasteiger charge is 2.44. The lowest BCUT2D eigenvalue weighted by atomic mass is 10.1. The fourth-order valence-corrected chi connectivity index (χ4v) is 4.57. The lowest BCUT2D eigenvalue weighted by molar-refractivity contribution is 0.0841. The molecule has 0 spiro atoms. The highest BCUT2D eigenvalue weighted by atomic mass is 19.1. The van der Waals surface area contributed by atoms with Crippen LogP contribution in [0, 0.1) is 5.92 Å². The van der Waals surface area contributed by atoms with Crippen LogP contribution in [0.4, 0.5) is 14.6 Å². The Hall–Kier alpha value is -3.36. The van der Waals surface area contributed by atoms with E-state index in [-0.39, 0.29) is 23.7 Å². The first kappa shape index (κ1) is 28.2. The number of guanidine groups is 1. The number of anilines is 1. The Kier molecular flexibility index (Phi) is 8.99. The number of amides is 1. The van der Waals surface area contributed by atoms with E-state index < -0.39 is 5.95 Å². The van der Waals surface area contributed by atoms with Gasteiger partial charge in [0.25, 0.3) is 5.91 Å². The van der Waals surface area contributed by atoms with Crippen molar-refractivity contribution in [2.45, 2.75) is 73.9 Å². The zero-order valence-corrected chi connectivity index (χ0v) is 23.0. The van der Waals surface area contributed by atoms with Gasteiger partial charge in [0.2, 0.25) is 11.9 Å². The van der Waals surface area contributed by atoms with Gasteiger partial charge in [-0.25, -0.2) is 19.4 Å². The van der Waals surface area contributed by atoms with Gasteiger partial charge < -0.3 is 4.57 Å². The van der Waals surface area contributed by atoms with Crippen LogP contribution in [-0.4, -0.2) is 51.7 Å². The third kappa shape index (κ3) is 5.81. The number of rotatable bonds is 10. The summed E-state index contributed by atoms with van der Waals surface area (Å²) in [5, 5.41) is 0. The maximum atomic E-state index is 14.0. The summed E-state index contributed by atoms with van der Waals surface area (Å²) in [5.74, 6) is 0.805. The third-order valence-corrected chi connectivity index (χ3v) is 6.56. The summed E-state index contributed by atoms with van der Waals surface area (Å²) in [6, 6.07) is 0.0209. The Morgan fingerprint density at radius 3 is 2.51 bits per heavy atom. The van der Waals surface area contributed by atoms with E-state index in [1.165, 1.54) is 25.3 Å². The highest BCUT2D eigenvalue weighted by Crippen LogP contribution is 2.36. The summed E-state index contributed by atoms with van der Waals surface area (Å²) in [4.78, 5) is 30.7. The van der Waals surface area contributed by atoms with E-state index >= 15 is 0 Å². The van der Waals surface area contributed by atoms with Crippen LogP contribution in [0.1, 0.15) is 77.6 Å². The Balaban J connectivity index is 2.22. The predicted molar refractivity (Wildman–Crippen MR) is 147 cm³/mol. The largest absolute Gasteiger partial charge is 0.306 e. The monoisotopic (exact) mass is 512 g/mol. The zero-order valence-electron chi connectivity index (χ0n) is 23.0. The van der Waals surface area contributed by atoms with Gasteiger partial charge in [0, 0.05) is 24.9 Å². The van der Waals surface area contributed by atoms with Crippen molar-refractivity contribution in [2.24, 2.45) is 15.9 Å². The molecule has 1 aromatic heterocycles. The summed E-state index contributed by atoms with van der Waals surface area (Å²) in [7, 11) is 0. The molecule has 200 valence electrons. The molecule has 0 radical (unpaired) electrons. The summed E-state index contributed by atoms with van der Waals surface area (Å²) in [6.07, 6.45) is 5.38. The van der Waals surface area contributed by atoms with Crippen LogP contribution in [0.3, 0.4) is 0 Å². The smallest absolute Gasteiger partial charge is 0.283 e. The Bertz CT molecular complexity index is 1210. The molecule has 2 aliphatic rings. The lowest BCUT2D eigenvalue weighted by Gasteiger charge is -2.34. The number of carbonyl (C=O) groups excluding carboxylic acids is 1. The SMILES string of the molecule is C=C(/C=N\C(F)=C/CC)c1nc2c(n1C/C(C)=C(/C=C(\C)F)CC)N1CC(C(C)C)N=C1N(CC)C2=O. The molecule has 7 nitrogen and oxygen atoms in total. The van der Waals surface area contributed by atoms with E-state index in [9.17, 15) is 13.6 Å². The van der Waals surface area contributed by atoms with E-state index in [1.54, 1.807) is 4.90 Å². The van der Waals surface area contributed by atoms with E-state index in [1.807, 2.05) is 37.2 Å². The molecule has 0 saturated heterocycles. The predicted octanol–water partition coefficient (Wildman–Crippen LogP) is 6.46. The molecule has 0 aliphatic carbocycles. The van der Waals surface area contributed by atoms with Crippen LogP contribution in [0.5, 0.6) is 0 Å². The molecule has 9 heteroatoms. The van der Waals surface area contributed by atoms with Gasteiger partial charge in [0.15, 0.2) is 5.69 Å². The van der Waals surface area contributed by atoms with Crippen LogP contribution in [0.2, 0.25) is 0 Å². The normalized spacial score (nSPS) is 19.0. The van der Waals surface area contributed by atoms with Gasteiger partial charge >= 0.3 is 0 Å².